The average Bonchev–Trinajstić information content (AvgIpc) is 2.99. The van der Waals surface area contributed by atoms with Gasteiger partial charge < -0.3 is 19.7 Å². The zero-order valence-electron chi connectivity index (χ0n) is 16.6. The highest BCUT2D eigenvalue weighted by Crippen LogP contribution is 2.18. The first-order valence-electron chi connectivity index (χ1n) is 9.14. The Kier molecular flexibility index (Phi) is 7.21. The van der Waals surface area contributed by atoms with Crippen LogP contribution in [0.25, 0.3) is 0 Å². The molecule has 142 valence electrons. The maximum Gasteiger partial charge on any atom is 0.317 e. The maximum atomic E-state index is 12.8. The Morgan fingerprint density at radius 3 is 2.69 bits per heavy atom. The Morgan fingerprint density at radius 1 is 1.35 bits per heavy atom. The van der Waals surface area contributed by atoms with Crippen molar-refractivity contribution in [2.75, 3.05) is 27.2 Å². The van der Waals surface area contributed by atoms with Crippen molar-refractivity contribution in [3.63, 3.8) is 0 Å². The van der Waals surface area contributed by atoms with Crippen LogP contribution in [0.4, 0.5) is 4.79 Å². The molecule has 0 saturated heterocycles. The number of benzene rings is 1. The van der Waals surface area contributed by atoms with Gasteiger partial charge in [-0.15, -0.1) is 0 Å². The minimum absolute atomic E-state index is 0.0469. The molecule has 0 unspecified atom stereocenters. The summed E-state index contributed by atoms with van der Waals surface area (Å²) in [6.45, 7) is 5.95. The number of carbonyl (C=O) groups excluding carboxylic acids is 1. The zero-order valence-corrected chi connectivity index (χ0v) is 16.6. The molecule has 0 saturated carbocycles. The molecule has 0 aliphatic rings. The van der Waals surface area contributed by atoms with Crippen LogP contribution in [0, 0.1) is 6.92 Å². The number of urea groups is 1. The number of hydrogen-bond acceptors (Lipinski definition) is 3. The molecule has 0 spiro atoms. The fourth-order valence-electron chi connectivity index (χ4n) is 3.01. The fourth-order valence-corrected chi connectivity index (χ4v) is 3.01. The normalized spacial score (nSPS) is 12.2. The van der Waals surface area contributed by atoms with Crippen molar-refractivity contribution < 1.29 is 4.79 Å². The topological polar surface area (TPSA) is 53.4 Å². The summed E-state index contributed by atoms with van der Waals surface area (Å²) in [5, 5.41) is 3.11. The van der Waals surface area contributed by atoms with Gasteiger partial charge in [0.15, 0.2) is 0 Å². The standard InChI is InChI=1S/C20H31N5O/c1-6-11-25(15-19-21-10-12-24(19)5)20(26)22-14-18(23(3)4)17-9-7-8-16(2)13-17/h7-10,12-13,18H,6,11,14-15H2,1-5H3,(H,22,26)/t18-/m1/s1. The molecule has 0 radical (unpaired) electrons. The first-order valence-corrected chi connectivity index (χ1v) is 9.14. The van der Waals surface area contributed by atoms with Gasteiger partial charge in [0.05, 0.1) is 12.6 Å². The van der Waals surface area contributed by atoms with Crippen LogP contribution < -0.4 is 5.32 Å². The van der Waals surface area contributed by atoms with Crippen LogP contribution >= 0.6 is 0 Å². The lowest BCUT2D eigenvalue weighted by Gasteiger charge is -2.28. The van der Waals surface area contributed by atoms with Crippen LogP contribution in [0.5, 0.6) is 0 Å². The van der Waals surface area contributed by atoms with Crippen molar-refractivity contribution in [3.8, 4) is 0 Å². The van der Waals surface area contributed by atoms with Gasteiger partial charge in [0.1, 0.15) is 5.82 Å². The zero-order chi connectivity index (χ0) is 19.1. The van der Waals surface area contributed by atoms with Crippen LogP contribution in [-0.4, -0.2) is 52.6 Å². The summed E-state index contributed by atoms with van der Waals surface area (Å²) in [6, 6.07) is 8.53. The fraction of sp³-hybridized carbons (Fsp3) is 0.500. The summed E-state index contributed by atoms with van der Waals surface area (Å²) >= 11 is 0. The summed E-state index contributed by atoms with van der Waals surface area (Å²) in [5.74, 6) is 0.886. The molecule has 0 aliphatic heterocycles. The second kappa shape index (κ2) is 9.38. The average molecular weight is 358 g/mol. The van der Waals surface area contributed by atoms with Crippen molar-refractivity contribution in [3.05, 3.63) is 53.6 Å². The van der Waals surface area contributed by atoms with Gasteiger partial charge in [-0.3, -0.25) is 0 Å². The second-order valence-corrected chi connectivity index (χ2v) is 6.96. The SMILES string of the molecule is CCCN(Cc1nccn1C)C(=O)NC[C@H](c1cccc(C)c1)N(C)C. The first kappa shape index (κ1) is 20.0. The molecule has 0 bridgehead atoms. The molecular weight excluding hydrogens is 326 g/mol. The lowest BCUT2D eigenvalue weighted by Crippen LogP contribution is -2.43. The van der Waals surface area contributed by atoms with Crippen LogP contribution in [0.1, 0.15) is 36.3 Å². The monoisotopic (exact) mass is 357 g/mol. The maximum absolute atomic E-state index is 12.8. The first-order chi connectivity index (χ1) is 12.4. The number of amides is 2. The summed E-state index contributed by atoms with van der Waals surface area (Å²) in [5.41, 5.74) is 2.43. The summed E-state index contributed by atoms with van der Waals surface area (Å²) in [7, 11) is 6.03. The van der Waals surface area contributed by atoms with Gasteiger partial charge >= 0.3 is 6.03 Å². The van der Waals surface area contributed by atoms with E-state index in [2.05, 4.69) is 53.3 Å². The predicted molar refractivity (Wildman–Crippen MR) is 105 cm³/mol. The number of rotatable bonds is 8. The van der Waals surface area contributed by atoms with Gasteiger partial charge in [0.2, 0.25) is 0 Å². The Bertz CT molecular complexity index is 710. The third kappa shape index (κ3) is 5.33. The van der Waals surface area contributed by atoms with E-state index in [0.717, 1.165) is 12.2 Å². The number of imidazole rings is 1. The molecule has 2 rings (SSSR count). The van der Waals surface area contributed by atoms with E-state index in [1.54, 1.807) is 6.20 Å². The molecular formula is C20H31N5O. The number of carbonyl (C=O) groups is 1. The number of likely N-dealkylation sites (N-methyl/N-ethyl adjacent to an activating group) is 1. The lowest BCUT2D eigenvalue weighted by molar-refractivity contribution is 0.188. The number of nitrogens with one attached hydrogen (secondary N) is 1. The number of hydrogen-bond donors (Lipinski definition) is 1. The third-order valence-corrected chi connectivity index (χ3v) is 4.53. The highest BCUT2D eigenvalue weighted by molar-refractivity contribution is 5.74. The Labute approximate surface area is 156 Å². The molecule has 1 aromatic heterocycles. The highest BCUT2D eigenvalue weighted by atomic mass is 16.2. The van der Waals surface area contributed by atoms with Gasteiger partial charge in [0, 0.05) is 32.5 Å². The molecule has 0 fully saturated rings. The van der Waals surface area contributed by atoms with Gasteiger partial charge in [-0.25, -0.2) is 9.78 Å². The summed E-state index contributed by atoms with van der Waals surface area (Å²) in [4.78, 5) is 21.1. The molecule has 1 atom stereocenters. The van der Waals surface area contributed by atoms with Gasteiger partial charge in [-0.1, -0.05) is 36.8 Å². The molecule has 2 amide bonds. The summed E-state index contributed by atoms with van der Waals surface area (Å²) in [6.07, 6.45) is 4.57. The lowest BCUT2D eigenvalue weighted by atomic mass is 10.0. The van der Waals surface area contributed by atoms with Crippen molar-refractivity contribution in [1.82, 2.24) is 24.7 Å². The molecule has 2 aromatic rings. The van der Waals surface area contributed by atoms with E-state index < -0.39 is 0 Å². The molecule has 1 aromatic carbocycles. The van der Waals surface area contributed by atoms with Crippen molar-refractivity contribution in [2.24, 2.45) is 7.05 Å². The minimum Gasteiger partial charge on any atom is -0.337 e. The van der Waals surface area contributed by atoms with Crippen LogP contribution in [0.2, 0.25) is 0 Å². The highest BCUT2D eigenvalue weighted by Gasteiger charge is 2.19. The minimum atomic E-state index is -0.0469. The van der Waals surface area contributed by atoms with Gasteiger partial charge in [-0.2, -0.15) is 0 Å². The Morgan fingerprint density at radius 2 is 2.12 bits per heavy atom. The molecule has 1 heterocycles. The number of aromatic nitrogens is 2. The van der Waals surface area contributed by atoms with E-state index in [-0.39, 0.29) is 12.1 Å². The quantitative estimate of drug-likeness (QED) is 0.790. The predicted octanol–water partition coefficient (Wildman–Crippen LogP) is 2.95. The number of nitrogens with zero attached hydrogens (tertiary/aromatic N) is 4. The molecule has 0 aliphatic carbocycles. The van der Waals surface area contributed by atoms with Crippen LogP contribution in [0.15, 0.2) is 36.7 Å². The van der Waals surface area contributed by atoms with Gasteiger partial charge in [-0.05, 0) is 33.0 Å². The third-order valence-electron chi connectivity index (χ3n) is 4.53. The smallest absolute Gasteiger partial charge is 0.317 e. The Hall–Kier alpha value is -2.34. The van der Waals surface area contributed by atoms with E-state index in [1.807, 2.05) is 36.8 Å². The van der Waals surface area contributed by atoms with E-state index in [0.29, 0.717) is 19.6 Å². The van der Waals surface area contributed by atoms with E-state index in [1.165, 1.54) is 11.1 Å². The van der Waals surface area contributed by atoms with Gasteiger partial charge in [0.25, 0.3) is 0 Å². The van der Waals surface area contributed by atoms with Crippen LogP contribution in [-0.2, 0) is 13.6 Å². The summed E-state index contributed by atoms with van der Waals surface area (Å²) < 4.78 is 1.95. The molecule has 6 heteroatoms. The largest absolute Gasteiger partial charge is 0.337 e. The second-order valence-electron chi connectivity index (χ2n) is 6.96. The van der Waals surface area contributed by atoms with E-state index in [4.69, 9.17) is 0 Å². The van der Waals surface area contributed by atoms with Crippen molar-refractivity contribution >= 4 is 6.03 Å². The van der Waals surface area contributed by atoms with E-state index >= 15 is 0 Å². The molecule has 1 N–H and O–H groups in total. The van der Waals surface area contributed by atoms with Crippen LogP contribution in [0.3, 0.4) is 0 Å². The Balaban J connectivity index is 2.03. The molecule has 6 nitrogen and oxygen atoms in total. The number of aryl methyl sites for hydroxylation is 2. The van der Waals surface area contributed by atoms with Crippen molar-refractivity contribution in [2.45, 2.75) is 32.9 Å². The molecule has 26 heavy (non-hydrogen) atoms. The van der Waals surface area contributed by atoms with Crippen molar-refractivity contribution in [1.29, 1.82) is 0 Å². The van der Waals surface area contributed by atoms with E-state index in [9.17, 15) is 4.79 Å².